The first-order chi connectivity index (χ1) is 27.2. The fourth-order valence-electron chi connectivity index (χ4n) is 9.24. The van der Waals surface area contributed by atoms with Crippen LogP contribution in [0.1, 0.15) is 29.9 Å². The summed E-state index contributed by atoms with van der Waals surface area (Å²) < 4.78 is 11.7. The number of imide groups is 2. The molecule has 4 amide bonds. The summed E-state index contributed by atoms with van der Waals surface area (Å²) in [4.78, 5) is 60.6. The standard InChI is InChI=1S/C40H32BBr2Cl2N3O9/c1-56-22-9-6-18(7-10-22)40-27(37(51)48(39(40)53)46-29-13-8-20(44)15-28(29)45)16-25-23(32(40)26-17-30(57-2)35(49)34(43)33(26)42)11-12-24-31(25)38(52)47(36(24)50)21-5-3-4-19(14-21)41(54)55/h3-11,13-15,17,24-25,27,31-32,46,49,54-55H,12,16H2,1-2H3/t24-,25+,27-,31-,32+,40+/m0/s1. The number of rotatable bonds is 8. The van der Waals surface area contributed by atoms with Crippen molar-refractivity contribution in [3.63, 3.8) is 0 Å². The monoisotopic (exact) mass is 937 g/mol. The van der Waals surface area contributed by atoms with Gasteiger partial charge in [0.1, 0.15) is 5.75 Å². The molecule has 12 nitrogen and oxygen atoms in total. The van der Waals surface area contributed by atoms with Crippen molar-refractivity contribution in [1.82, 2.24) is 5.01 Å². The summed E-state index contributed by atoms with van der Waals surface area (Å²) in [6.07, 6.45) is 2.03. The molecule has 4 aromatic rings. The summed E-state index contributed by atoms with van der Waals surface area (Å²) >= 11 is 19.9. The maximum absolute atomic E-state index is 15.6. The minimum Gasteiger partial charge on any atom is -0.503 e. The van der Waals surface area contributed by atoms with Gasteiger partial charge in [-0.2, -0.15) is 5.01 Å². The highest BCUT2D eigenvalue weighted by Gasteiger charge is 2.70. The Hall–Kier alpha value is -4.38. The number of hydrogen-bond acceptors (Lipinski definition) is 10. The maximum atomic E-state index is 15.6. The molecule has 4 aromatic carbocycles. The third-order valence-corrected chi connectivity index (χ3v) is 14.4. The van der Waals surface area contributed by atoms with Crippen LogP contribution < -0.4 is 25.3 Å². The minimum absolute atomic E-state index is 0.00287. The molecule has 8 rings (SSSR count). The molecule has 0 aromatic heterocycles. The van der Waals surface area contributed by atoms with E-state index in [-0.39, 0.29) is 50.7 Å². The minimum atomic E-state index is -1.83. The summed E-state index contributed by atoms with van der Waals surface area (Å²) in [6.45, 7) is 0. The van der Waals surface area contributed by atoms with E-state index in [1.807, 2.05) is 6.08 Å². The average molecular weight is 940 g/mol. The van der Waals surface area contributed by atoms with E-state index in [1.165, 1.54) is 38.5 Å². The number of halogens is 4. The van der Waals surface area contributed by atoms with Gasteiger partial charge in [-0.25, -0.2) is 0 Å². The zero-order valence-electron chi connectivity index (χ0n) is 30.1. The van der Waals surface area contributed by atoms with Crippen molar-refractivity contribution in [1.29, 1.82) is 0 Å². The van der Waals surface area contributed by atoms with E-state index in [2.05, 4.69) is 37.3 Å². The lowest BCUT2D eigenvalue weighted by Crippen LogP contribution is -2.53. The lowest BCUT2D eigenvalue weighted by Gasteiger charge is -2.51. The molecule has 4 N–H and O–H groups in total. The Kier molecular flexibility index (Phi) is 10.2. The molecule has 6 atom stereocenters. The second-order valence-electron chi connectivity index (χ2n) is 14.3. The lowest BCUT2D eigenvalue weighted by molar-refractivity contribution is -0.138. The number of hydrazine groups is 1. The molecule has 2 aliphatic carbocycles. The quantitative estimate of drug-likeness (QED) is 0.0921. The van der Waals surface area contributed by atoms with Crippen LogP contribution in [0.4, 0.5) is 11.4 Å². The highest BCUT2D eigenvalue weighted by atomic mass is 79.9. The van der Waals surface area contributed by atoms with Gasteiger partial charge in [0.25, 0.3) is 11.8 Å². The fraction of sp³-hybridized carbons (Fsp3) is 0.250. The van der Waals surface area contributed by atoms with Gasteiger partial charge in [0.05, 0.1) is 58.3 Å². The van der Waals surface area contributed by atoms with Gasteiger partial charge < -0.3 is 24.6 Å². The van der Waals surface area contributed by atoms with E-state index >= 15 is 9.59 Å². The van der Waals surface area contributed by atoms with E-state index in [0.29, 0.717) is 31.9 Å². The number of carbonyl (C=O) groups is 4. The van der Waals surface area contributed by atoms with Gasteiger partial charge in [0.2, 0.25) is 11.8 Å². The van der Waals surface area contributed by atoms with Gasteiger partial charge >= 0.3 is 7.12 Å². The average Bonchev–Trinajstić information content (AvgIpc) is 3.58. The van der Waals surface area contributed by atoms with E-state index in [4.69, 9.17) is 32.7 Å². The number of nitrogens with zero attached hydrogens (tertiary/aromatic N) is 2. The number of allylic oxidation sites excluding steroid dienone is 2. The van der Waals surface area contributed by atoms with Crippen molar-refractivity contribution in [3.8, 4) is 17.2 Å². The smallest absolute Gasteiger partial charge is 0.488 e. The molecule has 2 saturated heterocycles. The molecule has 57 heavy (non-hydrogen) atoms. The van der Waals surface area contributed by atoms with Crippen LogP contribution >= 0.6 is 55.1 Å². The molecule has 4 aliphatic rings. The predicted molar refractivity (Wildman–Crippen MR) is 219 cm³/mol. The Balaban J connectivity index is 1.36. The van der Waals surface area contributed by atoms with Crippen LogP contribution in [0.5, 0.6) is 17.2 Å². The lowest BCUT2D eigenvalue weighted by atomic mass is 9.49. The van der Waals surface area contributed by atoms with Gasteiger partial charge in [-0.3, -0.25) is 29.5 Å². The number of benzene rings is 4. The first-order valence-electron chi connectivity index (χ1n) is 17.8. The van der Waals surface area contributed by atoms with Gasteiger partial charge in [0.15, 0.2) is 11.5 Å². The van der Waals surface area contributed by atoms with Crippen LogP contribution in [0, 0.1) is 23.7 Å². The van der Waals surface area contributed by atoms with Gasteiger partial charge in [-0.05, 0) is 116 Å². The molecule has 0 bridgehead atoms. The summed E-state index contributed by atoms with van der Waals surface area (Å²) in [5.41, 5.74) is 3.43. The molecule has 17 heteroatoms. The largest absolute Gasteiger partial charge is 0.503 e. The van der Waals surface area contributed by atoms with Crippen LogP contribution in [0.15, 0.2) is 93.4 Å². The number of nitrogens with one attached hydrogen (secondary N) is 1. The number of phenolic OH excluding ortho intramolecular Hbond substituents is 1. The van der Waals surface area contributed by atoms with Crippen molar-refractivity contribution >= 4 is 103 Å². The van der Waals surface area contributed by atoms with E-state index in [1.54, 1.807) is 48.5 Å². The zero-order valence-corrected chi connectivity index (χ0v) is 34.8. The second kappa shape index (κ2) is 14.8. The van der Waals surface area contributed by atoms with Crippen LogP contribution in [-0.2, 0) is 24.6 Å². The van der Waals surface area contributed by atoms with Crippen molar-refractivity contribution in [2.24, 2.45) is 23.7 Å². The number of ether oxygens (including phenoxy) is 2. The number of amides is 4. The predicted octanol–water partition coefficient (Wildman–Crippen LogP) is 6.11. The zero-order chi connectivity index (χ0) is 40.7. The number of aromatic hydroxyl groups is 1. The molecule has 2 heterocycles. The Bertz CT molecular complexity index is 2420. The van der Waals surface area contributed by atoms with Crippen molar-refractivity contribution in [3.05, 3.63) is 115 Å². The van der Waals surface area contributed by atoms with Crippen LogP contribution in [0.25, 0.3) is 0 Å². The summed E-state index contributed by atoms with van der Waals surface area (Å²) in [5.74, 6) is -6.33. The molecule has 0 unspecified atom stereocenters. The van der Waals surface area contributed by atoms with Crippen molar-refractivity contribution in [2.75, 3.05) is 24.5 Å². The molecule has 292 valence electrons. The number of phenols is 1. The highest BCUT2D eigenvalue weighted by Crippen LogP contribution is 2.66. The Morgan fingerprint density at radius 1 is 0.877 bits per heavy atom. The molecule has 0 radical (unpaired) electrons. The number of methoxy groups -OCH3 is 2. The number of hydrogen-bond donors (Lipinski definition) is 4. The third-order valence-electron chi connectivity index (χ3n) is 11.7. The van der Waals surface area contributed by atoms with Crippen LogP contribution in [0.2, 0.25) is 10.0 Å². The summed E-state index contributed by atoms with van der Waals surface area (Å²) in [6, 6.07) is 19.0. The Morgan fingerprint density at radius 3 is 2.28 bits per heavy atom. The highest BCUT2D eigenvalue weighted by molar-refractivity contribution is 9.13. The number of carbonyl (C=O) groups excluding carboxylic acids is 4. The molecular formula is C40H32BBr2Cl2N3O9. The first kappa shape index (κ1) is 39.5. The topological polar surface area (TPSA) is 166 Å². The van der Waals surface area contributed by atoms with E-state index in [9.17, 15) is 24.7 Å². The van der Waals surface area contributed by atoms with Crippen molar-refractivity contribution < 1.29 is 43.8 Å². The molecule has 1 saturated carbocycles. The van der Waals surface area contributed by atoms with Crippen LogP contribution in [0.3, 0.4) is 0 Å². The summed E-state index contributed by atoms with van der Waals surface area (Å²) in [5, 5.41) is 32.3. The van der Waals surface area contributed by atoms with E-state index in [0.717, 1.165) is 9.91 Å². The SMILES string of the molecule is COc1ccc([C@@]23C(=O)N(Nc4ccc(Cl)cc4Cl)C(=O)[C@@H]2C[C@@H]2C(=CC[C@@H]4C(=O)N(c5cccc(B(O)O)c5)C(=O)[C@@H]42)[C@@H]3c2cc(OC)c(O)c(Br)c2Br)cc1. The number of anilines is 2. The Morgan fingerprint density at radius 2 is 1.61 bits per heavy atom. The molecule has 0 spiro atoms. The van der Waals surface area contributed by atoms with Crippen molar-refractivity contribution in [2.45, 2.75) is 24.2 Å². The maximum Gasteiger partial charge on any atom is 0.488 e. The normalized spacial score (nSPS) is 25.2. The van der Waals surface area contributed by atoms with Crippen LogP contribution in [-0.4, -0.2) is 65.1 Å². The summed E-state index contributed by atoms with van der Waals surface area (Å²) in [7, 11) is 1.08. The third kappa shape index (κ3) is 5.99. The molecule has 3 fully saturated rings. The van der Waals surface area contributed by atoms with Gasteiger partial charge in [-0.15, -0.1) is 0 Å². The molecular weight excluding hydrogens is 908 g/mol. The molecule has 2 aliphatic heterocycles. The first-order valence-corrected chi connectivity index (χ1v) is 20.1. The van der Waals surface area contributed by atoms with E-state index < -0.39 is 65.8 Å². The van der Waals surface area contributed by atoms with Gasteiger partial charge in [0, 0.05) is 15.4 Å². The fourth-order valence-corrected chi connectivity index (χ4v) is 10.7. The second-order valence-corrected chi connectivity index (χ2v) is 16.8. The number of fused-ring (bicyclic) bond motifs is 4. The Labute approximate surface area is 353 Å². The van der Waals surface area contributed by atoms with Gasteiger partial charge in [-0.1, -0.05) is 59.1 Å².